The molecule has 0 rings (SSSR count). The van der Waals surface area contributed by atoms with Gasteiger partial charge in [0.2, 0.25) is 0 Å². The van der Waals surface area contributed by atoms with E-state index in [9.17, 15) is 4.79 Å². The smallest absolute Gasteiger partial charge is 0.337 e. The molecule has 28 heavy (non-hydrogen) atoms. The average molecular weight is 393 g/mol. The lowest BCUT2D eigenvalue weighted by molar-refractivity contribution is -0.155. The highest BCUT2D eigenvalue weighted by molar-refractivity contribution is 5.74. The Balaban J connectivity index is 4.00. The Morgan fingerprint density at radius 2 is 1.21 bits per heavy atom. The van der Waals surface area contributed by atoms with Gasteiger partial charge in [0.05, 0.1) is 13.2 Å². The molecule has 0 amide bonds. The molecule has 0 aromatic heterocycles. The molecule has 1 atom stereocenters. The highest BCUT2D eigenvalue weighted by atomic mass is 16.5. The van der Waals surface area contributed by atoms with Crippen molar-refractivity contribution in [3.8, 4) is 0 Å². The van der Waals surface area contributed by atoms with Gasteiger partial charge >= 0.3 is 5.97 Å². The molecule has 0 fully saturated rings. The maximum absolute atomic E-state index is 11.2. The Labute approximate surface area is 171 Å². The molecule has 0 aliphatic rings. The molecule has 0 saturated carbocycles. The summed E-state index contributed by atoms with van der Waals surface area (Å²) in [5, 5.41) is 17.8. The fraction of sp³-hybridized carbons (Fsp3) is 0.625. The molecule has 4 heteroatoms. The molecule has 0 saturated heterocycles. The van der Waals surface area contributed by atoms with E-state index >= 15 is 0 Å². The second-order valence-corrected chi connectivity index (χ2v) is 7.70. The Hall–Kier alpha value is -1.65. The van der Waals surface area contributed by atoms with Crippen LogP contribution in [0.3, 0.4) is 0 Å². The maximum atomic E-state index is 11.2. The first kappa shape index (κ1) is 26.4. The standard InChI is InChI=1S/C24H40O4/c1-19(2)10-6-11-20(3)12-7-13-21(4)14-8-15-22(5)16-9-17-28-24(27)23(26)18-25/h10,12,14,16,23,25-26H,6-9,11,13,15,17-18H2,1-5H3. The third kappa shape index (κ3) is 15.4. The van der Waals surface area contributed by atoms with Gasteiger partial charge < -0.3 is 14.9 Å². The predicted molar refractivity (Wildman–Crippen MR) is 117 cm³/mol. The van der Waals surface area contributed by atoms with Crippen LogP contribution < -0.4 is 0 Å². The Bertz CT molecular complexity index is 563. The molecule has 0 bridgehead atoms. The van der Waals surface area contributed by atoms with E-state index < -0.39 is 18.7 Å². The number of rotatable bonds is 14. The van der Waals surface area contributed by atoms with E-state index in [-0.39, 0.29) is 6.61 Å². The van der Waals surface area contributed by atoms with Gasteiger partial charge in [0, 0.05) is 0 Å². The molecular weight excluding hydrogens is 352 g/mol. The van der Waals surface area contributed by atoms with Gasteiger partial charge in [-0.2, -0.15) is 0 Å². The molecule has 0 aromatic rings. The zero-order valence-electron chi connectivity index (χ0n) is 18.5. The van der Waals surface area contributed by atoms with Gasteiger partial charge in [-0.3, -0.25) is 0 Å². The quantitative estimate of drug-likeness (QED) is 0.235. The number of allylic oxidation sites excluding steroid dienone is 7. The summed E-state index contributed by atoms with van der Waals surface area (Å²) < 4.78 is 4.87. The van der Waals surface area contributed by atoms with E-state index in [0.717, 1.165) is 38.5 Å². The second kappa shape index (κ2) is 16.3. The van der Waals surface area contributed by atoms with Crippen molar-refractivity contribution in [1.82, 2.24) is 0 Å². The van der Waals surface area contributed by atoms with Gasteiger partial charge in [-0.15, -0.1) is 0 Å². The number of carbonyl (C=O) groups is 1. The molecule has 0 aliphatic carbocycles. The summed E-state index contributed by atoms with van der Waals surface area (Å²) in [6, 6.07) is 0. The first-order valence-electron chi connectivity index (χ1n) is 10.3. The monoisotopic (exact) mass is 392 g/mol. The second-order valence-electron chi connectivity index (χ2n) is 7.70. The lowest BCUT2D eigenvalue weighted by Gasteiger charge is -2.07. The molecule has 0 aromatic carbocycles. The third-order valence-corrected chi connectivity index (χ3v) is 4.45. The number of hydrogen-bond acceptors (Lipinski definition) is 4. The van der Waals surface area contributed by atoms with Gasteiger partial charge in [0.25, 0.3) is 0 Å². The SMILES string of the molecule is CC(C)=CCCC(C)=CCCC(C)=CCCC(C)=CCCOC(=O)C(O)CO. The zero-order valence-corrected chi connectivity index (χ0v) is 18.5. The first-order chi connectivity index (χ1) is 13.3. The highest BCUT2D eigenvalue weighted by Crippen LogP contribution is 2.13. The third-order valence-electron chi connectivity index (χ3n) is 4.45. The van der Waals surface area contributed by atoms with E-state index in [4.69, 9.17) is 14.9 Å². The van der Waals surface area contributed by atoms with E-state index in [1.165, 1.54) is 22.3 Å². The molecule has 1 unspecified atom stereocenters. The van der Waals surface area contributed by atoms with Crippen LogP contribution in [-0.2, 0) is 9.53 Å². The van der Waals surface area contributed by atoms with Crippen molar-refractivity contribution in [1.29, 1.82) is 0 Å². The Morgan fingerprint density at radius 1 is 0.786 bits per heavy atom. The summed E-state index contributed by atoms with van der Waals surface area (Å²) in [7, 11) is 0. The summed E-state index contributed by atoms with van der Waals surface area (Å²) in [4.78, 5) is 11.2. The van der Waals surface area contributed by atoms with Crippen molar-refractivity contribution < 1.29 is 19.7 Å². The molecule has 4 nitrogen and oxygen atoms in total. The van der Waals surface area contributed by atoms with Crippen LogP contribution in [0.2, 0.25) is 0 Å². The molecule has 0 heterocycles. The minimum atomic E-state index is -1.44. The fourth-order valence-corrected chi connectivity index (χ4v) is 2.62. The lowest BCUT2D eigenvalue weighted by atomic mass is 10.0. The largest absolute Gasteiger partial charge is 0.463 e. The molecule has 2 N–H and O–H groups in total. The normalized spacial score (nSPS) is 14.0. The Morgan fingerprint density at radius 3 is 1.64 bits per heavy atom. The van der Waals surface area contributed by atoms with Crippen LogP contribution in [0.25, 0.3) is 0 Å². The minimum Gasteiger partial charge on any atom is -0.463 e. The van der Waals surface area contributed by atoms with Gasteiger partial charge in [-0.1, -0.05) is 46.6 Å². The molecule has 160 valence electrons. The number of ether oxygens (including phenoxy) is 1. The molecule has 0 spiro atoms. The number of carbonyl (C=O) groups excluding carboxylic acids is 1. The van der Waals surface area contributed by atoms with Crippen molar-refractivity contribution in [2.75, 3.05) is 13.2 Å². The van der Waals surface area contributed by atoms with E-state index in [1.54, 1.807) is 0 Å². The van der Waals surface area contributed by atoms with Crippen molar-refractivity contribution in [3.05, 3.63) is 46.6 Å². The summed E-state index contributed by atoms with van der Waals surface area (Å²) >= 11 is 0. The minimum absolute atomic E-state index is 0.224. The van der Waals surface area contributed by atoms with Gasteiger partial charge in [0.1, 0.15) is 0 Å². The van der Waals surface area contributed by atoms with Crippen LogP contribution >= 0.6 is 0 Å². The maximum Gasteiger partial charge on any atom is 0.337 e. The number of aliphatic hydroxyl groups is 2. The summed E-state index contributed by atoms with van der Waals surface area (Å²) in [5.74, 6) is -0.770. The predicted octanol–water partition coefficient (Wildman–Crippen LogP) is 5.42. The average Bonchev–Trinajstić information content (AvgIpc) is 2.64. The van der Waals surface area contributed by atoms with Crippen molar-refractivity contribution >= 4 is 5.97 Å². The number of esters is 1. The van der Waals surface area contributed by atoms with Crippen molar-refractivity contribution in [2.24, 2.45) is 0 Å². The van der Waals surface area contributed by atoms with Crippen LogP contribution in [0.15, 0.2) is 46.6 Å². The molecular formula is C24H40O4. The number of hydrogen-bond donors (Lipinski definition) is 2. The van der Waals surface area contributed by atoms with Crippen LogP contribution in [0.1, 0.15) is 79.6 Å². The van der Waals surface area contributed by atoms with Gasteiger partial charge in [-0.05, 0) is 79.6 Å². The van der Waals surface area contributed by atoms with Crippen LogP contribution in [0.5, 0.6) is 0 Å². The summed E-state index contributed by atoms with van der Waals surface area (Å²) in [5.41, 5.74) is 5.54. The van der Waals surface area contributed by atoms with E-state index in [0.29, 0.717) is 6.42 Å². The van der Waals surface area contributed by atoms with Crippen LogP contribution in [0, 0.1) is 0 Å². The van der Waals surface area contributed by atoms with E-state index in [2.05, 4.69) is 58.9 Å². The lowest BCUT2D eigenvalue weighted by Crippen LogP contribution is -2.26. The fourth-order valence-electron chi connectivity index (χ4n) is 2.62. The van der Waals surface area contributed by atoms with Gasteiger partial charge in [-0.25, -0.2) is 4.79 Å². The van der Waals surface area contributed by atoms with Crippen molar-refractivity contribution in [2.45, 2.75) is 85.7 Å². The zero-order chi connectivity index (χ0) is 21.4. The Kier molecular flexibility index (Phi) is 15.4. The first-order valence-corrected chi connectivity index (χ1v) is 10.3. The topological polar surface area (TPSA) is 66.8 Å². The van der Waals surface area contributed by atoms with Crippen molar-refractivity contribution in [3.63, 3.8) is 0 Å². The van der Waals surface area contributed by atoms with Gasteiger partial charge in [0.15, 0.2) is 6.10 Å². The van der Waals surface area contributed by atoms with Crippen LogP contribution in [0.4, 0.5) is 0 Å². The highest BCUT2D eigenvalue weighted by Gasteiger charge is 2.14. The van der Waals surface area contributed by atoms with E-state index in [1.807, 2.05) is 0 Å². The summed E-state index contributed by atoms with van der Waals surface area (Å²) in [6.45, 7) is 10.4. The van der Waals surface area contributed by atoms with Crippen LogP contribution in [-0.4, -0.2) is 35.5 Å². The molecule has 0 aliphatic heterocycles. The molecule has 0 radical (unpaired) electrons. The number of aliphatic hydroxyl groups excluding tert-OH is 2. The summed E-state index contributed by atoms with van der Waals surface area (Å²) in [6.07, 6.45) is 14.7.